The molecule has 0 aliphatic carbocycles. The number of aliphatic hydroxyl groups excluding tert-OH is 1. The molecule has 4 heteroatoms. The Morgan fingerprint density at radius 1 is 1.36 bits per heavy atom. The zero-order valence-corrected chi connectivity index (χ0v) is 9.18. The molecule has 0 aromatic carbocycles. The van der Waals surface area contributed by atoms with E-state index in [1.807, 2.05) is 6.92 Å². The van der Waals surface area contributed by atoms with Gasteiger partial charge in [-0.3, -0.25) is 4.79 Å². The zero-order chi connectivity index (χ0) is 10.8. The van der Waals surface area contributed by atoms with Crippen LogP contribution in [0.1, 0.15) is 33.1 Å². The number of nitrogens with one attached hydrogen (secondary N) is 2. The van der Waals surface area contributed by atoms with Gasteiger partial charge in [-0.1, -0.05) is 20.3 Å². The van der Waals surface area contributed by atoms with Crippen molar-refractivity contribution in [2.45, 2.75) is 39.2 Å². The second-order valence-corrected chi connectivity index (χ2v) is 3.42. The van der Waals surface area contributed by atoms with Crippen LogP contribution in [-0.2, 0) is 4.79 Å². The van der Waals surface area contributed by atoms with E-state index in [9.17, 15) is 9.90 Å². The highest BCUT2D eigenvalue weighted by Crippen LogP contribution is 1.93. The lowest BCUT2D eigenvalue weighted by Gasteiger charge is -2.10. The van der Waals surface area contributed by atoms with Gasteiger partial charge in [0, 0.05) is 6.54 Å². The molecule has 1 amide bonds. The molecule has 0 rings (SSSR count). The lowest BCUT2D eigenvalue weighted by Crippen LogP contribution is -2.38. The Bertz CT molecular complexity index is 151. The van der Waals surface area contributed by atoms with Gasteiger partial charge >= 0.3 is 0 Å². The van der Waals surface area contributed by atoms with Gasteiger partial charge in [0.25, 0.3) is 0 Å². The van der Waals surface area contributed by atoms with Gasteiger partial charge in [-0.2, -0.15) is 0 Å². The number of aliphatic hydroxyl groups is 1. The number of rotatable bonds is 8. The van der Waals surface area contributed by atoms with Crippen molar-refractivity contribution in [3.05, 3.63) is 0 Å². The van der Waals surface area contributed by atoms with Crippen LogP contribution in [0.4, 0.5) is 0 Å². The summed E-state index contributed by atoms with van der Waals surface area (Å²) in [6.07, 6.45) is 2.29. The quantitative estimate of drug-likeness (QED) is 0.495. The van der Waals surface area contributed by atoms with Crippen molar-refractivity contribution in [3.8, 4) is 0 Å². The molecule has 3 N–H and O–H groups in total. The SMILES string of the molecule is CCCNCC(=O)NCC(O)CCC. The number of amides is 1. The minimum atomic E-state index is -0.407. The van der Waals surface area contributed by atoms with Crippen molar-refractivity contribution in [2.75, 3.05) is 19.6 Å². The third-order valence-corrected chi connectivity index (χ3v) is 1.87. The van der Waals surface area contributed by atoms with E-state index in [2.05, 4.69) is 17.6 Å². The number of carbonyl (C=O) groups is 1. The van der Waals surface area contributed by atoms with E-state index in [0.29, 0.717) is 13.1 Å². The lowest BCUT2D eigenvalue weighted by atomic mass is 10.2. The third-order valence-electron chi connectivity index (χ3n) is 1.87. The summed E-state index contributed by atoms with van der Waals surface area (Å²) in [5.74, 6) is -0.0476. The first-order valence-electron chi connectivity index (χ1n) is 5.36. The van der Waals surface area contributed by atoms with E-state index in [1.54, 1.807) is 0 Å². The average Bonchev–Trinajstić information content (AvgIpc) is 2.16. The Morgan fingerprint density at radius 3 is 2.64 bits per heavy atom. The second kappa shape index (κ2) is 8.97. The molecule has 0 heterocycles. The van der Waals surface area contributed by atoms with E-state index in [-0.39, 0.29) is 5.91 Å². The summed E-state index contributed by atoms with van der Waals surface area (Å²) in [6, 6.07) is 0. The van der Waals surface area contributed by atoms with Crippen molar-refractivity contribution in [1.29, 1.82) is 0 Å². The number of carbonyl (C=O) groups excluding carboxylic acids is 1. The summed E-state index contributed by atoms with van der Waals surface area (Å²) < 4.78 is 0. The first kappa shape index (κ1) is 13.4. The van der Waals surface area contributed by atoms with Crippen LogP contribution >= 0.6 is 0 Å². The fourth-order valence-corrected chi connectivity index (χ4v) is 1.11. The number of hydrogen-bond acceptors (Lipinski definition) is 3. The highest BCUT2D eigenvalue weighted by atomic mass is 16.3. The molecule has 0 aromatic rings. The molecule has 1 unspecified atom stereocenters. The fraction of sp³-hybridized carbons (Fsp3) is 0.900. The summed E-state index contributed by atoms with van der Waals surface area (Å²) in [6.45, 7) is 5.61. The van der Waals surface area contributed by atoms with E-state index in [1.165, 1.54) is 0 Å². The van der Waals surface area contributed by atoms with Gasteiger partial charge < -0.3 is 15.7 Å². The molecule has 0 fully saturated rings. The van der Waals surface area contributed by atoms with E-state index in [0.717, 1.165) is 25.8 Å². The van der Waals surface area contributed by atoms with Crippen molar-refractivity contribution in [2.24, 2.45) is 0 Å². The van der Waals surface area contributed by atoms with Crippen LogP contribution in [0.2, 0.25) is 0 Å². The maximum atomic E-state index is 11.1. The Hall–Kier alpha value is -0.610. The van der Waals surface area contributed by atoms with E-state index < -0.39 is 6.10 Å². The molecule has 4 nitrogen and oxygen atoms in total. The smallest absolute Gasteiger partial charge is 0.234 e. The molecule has 0 spiro atoms. The van der Waals surface area contributed by atoms with Crippen LogP contribution in [0.25, 0.3) is 0 Å². The molecule has 0 aromatic heterocycles. The van der Waals surface area contributed by atoms with Crippen LogP contribution in [0.5, 0.6) is 0 Å². The molecular formula is C10H22N2O2. The Labute approximate surface area is 86.1 Å². The molecule has 1 atom stereocenters. The van der Waals surface area contributed by atoms with Crippen LogP contribution in [0.3, 0.4) is 0 Å². The Morgan fingerprint density at radius 2 is 2.07 bits per heavy atom. The van der Waals surface area contributed by atoms with Gasteiger partial charge in [0.1, 0.15) is 0 Å². The predicted molar refractivity (Wildman–Crippen MR) is 57.1 cm³/mol. The normalized spacial score (nSPS) is 12.5. The summed E-state index contributed by atoms with van der Waals surface area (Å²) >= 11 is 0. The molecule has 0 aliphatic heterocycles. The molecular weight excluding hydrogens is 180 g/mol. The molecule has 84 valence electrons. The lowest BCUT2D eigenvalue weighted by molar-refractivity contribution is -0.120. The van der Waals surface area contributed by atoms with Crippen LogP contribution in [0, 0.1) is 0 Å². The standard InChI is InChI=1S/C10H22N2O2/c1-3-5-9(13)7-12-10(14)8-11-6-4-2/h9,11,13H,3-8H2,1-2H3,(H,12,14). The van der Waals surface area contributed by atoms with Gasteiger partial charge in [0.05, 0.1) is 12.6 Å². The molecule has 14 heavy (non-hydrogen) atoms. The van der Waals surface area contributed by atoms with E-state index >= 15 is 0 Å². The van der Waals surface area contributed by atoms with E-state index in [4.69, 9.17) is 0 Å². The Balaban J connectivity index is 3.34. The topological polar surface area (TPSA) is 61.4 Å². The van der Waals surface area contributed by atoms with Gasteiger partial charge in [0.2, 0.25) is 5.91 Å². The van der Waals surface area contributed by atoms with Crippen molar-refractivity contribution in [3.63, 3.8) is 0 Å². The molecule has 0 saturated carbocycles. The molecule has 0 saturated heterocycles. The fourth-order valence-electron chi connectivity index (χ4n) is 1.11. The predicted octanol–water partition coefficient (Wildman–Crippen LogP) is 0.263. The summed E-state index contributed by atoms with van der Waals surface area (Å²) in [7, 11) is 0. The first-order valence-corrected chi connectivity index (χ1v) is 5.36. The minimum absolute atomic E-state index is 0.0476. The first-order chi connectivity index (χ1) is 6.70. The average molecular weight is 202 g/mol. The van der Waals surface area contributed by atoms with Crippen LogP contribution < -0.4 is 10.6 Å². The van der Waals surface area contributed by atoms with Gasteiger partial charge in [0.15, 0.2) is 0 Å². The summed E-state index contributed by atoms with van der Waals surface area (Å²) in [5, 5.41) is 15.0. The van der Waals surface area contributed by atoms with Gasteiger partial charge in [-0.15, -0.1) is 0 Å². The second-order valence-electron chi connectivity index (χ2n) is 3.42. The molecule has 0 radical (unpaired) electrons. The molecule has 0 bridgehead atoms. The third kappa shape index (κ3) is 8.01. The zero-order valence-electron chi connectivity index (χ0n) is 9.18. The van der Waals surface area contributed by atoms with Crippen LogP contribution in [0.15, 0.2) is 0 Å². The minimum Gasteiger partial charge on any atom is -0.391 e. The van der Waals surface area contributed by atoms with Crippen molar-refractivity contribution in [1.82, 2.24) is 10.6 Å². The Kier molecular flexibility index (Phi) is 8.57. The highest BCUT2D eigenvalue weighted by molar-refractivity contribution is 5.77. The van der Waals surface area contributed by atoms with Gasteiger partial charge in [-0.05, 0) is 19.4 Å². The van der Waals surface area contributed by atoms with Crippen molar-refractivity contribution >= 4 is 5.91 Å². The molecule has 0 aliphatic rings. The monoisotopic (exact) mass is 202 g/mol. The largest absolute Gasteiger partial charge is 0.391 e. The maximum absolute atomic E-state index is 11.1. The summed E-state index contributed by atoms with van der Waals surface area (Å²) in [4.78, 5) is 11.1. The van der Waals surface area contributed by atoms with Gasteiger partial charge in [-0.25, -0.2) is 0 Å². The maximum Gasteiger partial charge on any atom is 0.234 e. The van der Waals surface area contributed by atoms with Crippen LogP contribution in [-0.4, -0.2) is 36.8 Å². The summed E-state index contributed by atoms with van der Waals surface area (Å²) in [5.41, 5.74) is 0. The van der Waals surface area contributed by atoms with Crippen molar-refractivity contribution < 1.29 is 9.90 Å². The highest BCUT2D eigenvalue weighted by Gasteiger charge is 2.04. The number of hydrogen-bond donors (Lipinski definition) is 3.